The first-order valence-corrected chi connectivity index (χ1v) is 6.40. The van der Waals surface area contributed by atoms with Gasteiger partial charge in [0.05, 0.1) is 0 Å². The van der Waals surface area contributed by atoms with Gasteiger partial charge in [-0.1, -0.05) is 11.6 Å². The van der Waals surface area contributed by atoms with Crippen LogP contribution in [0.25, 0.3) is 0 Å². The van der Waals surface area contributed by atoms with Crippen LogP contribution in [-0.4, -0.2) is 26.2 Å². The maximum atomic E-state index is 13.4. The van der Waals surface area contributed by atoms with Crippen molar-refractivity contribution in [3.8, 4) is 0 Å². The van der Waals surface area contributed by atoms with E-state index in [-0.39, 0.29) is 5.82 Å². The predicted octanol–water partition coefficient (Wildman–Crippen LogP) is 2.14. The molecule has 94 valence electrons. The Kier molecular flexibility index (Phi) is 4.37. The Labute approximate surface area is 107 Å². The van der Waals surface area contributed by atoms with Gasteiger partial charge in [-0.2, -0.15) is 0 Å². The van der Waals surface area contributed by atoms with Crippen molar-refractivity contribution in [3.63, 3.8) is 0 Å². The maximum absolute atomic E-state index is 13.4. The van der Waals surface area contributed by atoms with E-state index in [0.717, 1.165) is 44.1 Å². The molecule has 1 saturated heterocycles. The molecule has 4 heteroatoms. The van der Waals surface area contributed by atoms with Crippen molar-refractivity contribution in [3.05, 3.63) is 34.1 Å². The maximum Gasteiger partial charge on any atom is 0.126 e. The van der Waals surface area contributed by atoms with Crippen LogP contribution in [0.4, 0.5) is 4.39 Å². The highest BCUT2D eigenvalue weighted by Gasteiger charge is 2.15. The molecule has 0 aromatic heterocycles. The molecule has 1 aromatic carbocycles. The Morgan fingerprint density at radius 2 is 2.24 bits per heavy atom. The van der Waals surface area contributed by atoms with E-state index < -0.39 is 0 Å². The van der Waals surface area contributed by atoms with Gasteiger partial charge in [0.1, 0.15) is 5.82 Å². The van der Waals surface area contributed by atoms with Gasteiger partial charge >= 0.3 is 0 Å². The molecule has 1 aromatic rings. The van der Waals surface area contributed by atoms with Crippen LogP contribution in [-0.2, 0) is 6.42 Å². The minimum Gasteiger partial charge on any atom is -0.316 e. The lowest BCUT2D eigenvalue weighted by Crippen LogP contribution is -2.47. The molecular formula is C13H18ClFN2. The molecule has 1 aliphatic rings. The predicted molar refractivity (Wildman–Crippen MR) is 69.1 cm³/mol. The summed E-state index contributed by atoms with van der Waals surface area (Å²) in [6.07, 6.45) is 0.774. The van der Waals surface area contributed by atoms with E-state index >= 15 is 0 Å². The van der Waals surface area contributed by atoms with Crippen molar-refractivity contribution in [1.82, 2.24) is 10.6 Å². The topological polar surface area (TPSA) is 24.1 Å². The number of aryl methyl sites for hydroxylation is 1. The highest BCUT2D eigenvalue weighted by Crippen LogP contribution is 2.20. The first kappa shape index (κ1) is 12.8. The Morgan fingerprint density at radius 1 is 1.47 bits per heavy atom. The summed E-state index contributed by atoms with van der Waals surface area (Å²) in [7, 11) is 0. The molecule has 0 atom stereocenters. The third-order valence-electron chi connectivity index (χ3n) is 3.20. The van der Waals surface area contributed by atoms with Gasteiger partial charge in [-0.15, -0.1) is 0 Å². The fraction of sp³-hybridized carbons (Fsp3) is 0.538. The molecular weight excluding hydrogens is 239 g/mol. The van der Waals surface area contributed by atoms with Crippen LogP contribution < -0.4 is 10.6 Å². The zero-order chi connectivity index (χ0) is 12.3. The van der Waals surface area contributed by atoms with E-state index in [2.05, 4.69) is 10.6 Å². The summed E-state index contributed by atoms with van der Waals surface area (Å²) in [5, 5.41) is 7.27. The smallest absolute Gasteiger partial charge is 0.126 e. The van der Waals surface area contributed by atoms with E-state index in [9.17, 15) is 4.39 Å². The first-order chi connectivity index (χ1) is 8.16. The molecule has 0 amide bonds. The fourth-order valence-corrected chi connectivity index (χ4v) is 2.21. The number of hydrogen-bond acceptors (Lipinski definition) is 2. The van der Waals surface area contributed by atoms with Gasteiger partial charge < -0.3 is 10.6 Å². The first-order valence-electron chi connectivity index (χ1n) is 6.03. The van der Waals surface area contributed by atoms with Crippen LogP contribution in [0.5, 0.6) is 0 Å². The van der Waals surface area contributed by atoms with Gasteiger partial charge in [-0.25, -0.2) is 4.39 Å². The molecule has 0 saturated carbocycles. The number of halogens is 2. The van der Waals surface area contributed by atoms with Crippen molar-refractivity contribution < 1.29 is 4.39 Å². The summed E-state index contributed by atoms with van der Waals surface area (Å²) in [4.78, 5) is 0. The van der Waals surface area contributed by atoms with E-state index in [4.69, 9.17) is 11.6 Å². The third kappa shape index (κ3) is 3.41. The Morgan fingerprint density at radius 3 is 2.88 bits per heavy atom. The Hall–Kier alpha value is -0.640. The number of hydrogen-bond donors (Lipinski definition) is 2. The summed E-state index contributed by atoms with van der Waals surface area (Å²) in [5.74, 6) is 0.577. The van der Waals surface area contributed by atoms with Gasteiger partial charge in [0, 0.05) is 24.7 Å². The lowest BCUT2D eigenvalue weighted by molar-refractivity contribution is 0.333. The average molecular weight is 257 g/mol. The fourth-order valence-electron chi connectivity index (χ4n) is 1.90. The van der Waals surface area contributed by atoms with Crippen molar-refractivity contribution in [2.24, 2.45) is 5.92 Å². The summed E-state index contributed by atoms with van der Waals surface area (Å²) in [5.41, 5.74) is 1.49. The van der Waals surface area contributed by atoms with E-state index in [1.807, 2.05) is 0 Å². The van der Waals surface area contributed by atoms with Gasteiger partial charge in [-0.3, -0.25) is 0 Å². The third-order valence-corrected chi connectivity index (χ3v) is 3.55. The van der Waals surface area contributed by atoms with Crippen LogP contribution in [0.15, 0.2) is 12.1 Å². The summed E-state index contributed by atoms with van der Waals surface area (Å²) >= 11 is 6.08. The lowest BCUT2D eigenvalue weighted by atomic mass is 10.0. The lowest BCUT2D eigenvalue weighted by Gasteiger charge is -2.27. The largest absolute Gasteiger partial charge is 0.316 e. The molecule has 1 heterocycles. The van der Waals surface area contributed by atoms with Crippen molar-refractivity contribution in [2.75, 3.05) is 26.2 Å². The molecule has 0 unspecified atom stereocenters. The highest BCUT2D eigenvalue weighted by atomic mass is 35.5. The second-order valence-corrected chi connectivity index (χ2v) is 5.08. The highest BCUT2D eigenvalue weighted by molar-refractivity contribution is 6.31. The quantitative estimate of drug-likeness (QED) is 0.789. The molecule has 0 bridgehead atoms. The Bertz CT molecular complexity index is 391. The molecule has 1 fully saturated rings. The second kappa shape index (κ2) is 5.80. The van der Waals surface area contributed by atoms with E-state index in [1.165, 1.54) is 0 Å². The SMILES string of the molecule is Cc1cc(Cl)c(CCNCC2CNC2)cc1F. The van der Waals surface area contributed by atoms with Crippen molar-refractivity contribution >= 4 is 11.6 Å². The molecule has 1 aliphatic heterocycles. The van der Waals surface area contributed by atoms with Crippen LogP contribution in [0.3, 0.4) is 0 Å². The molecule has 17 heavy (non-hydrogen) atoms. The summed E-state index contributed by atoms with van der Waals surface area (Å²) in [6, 6.07) is 3.24. The van der Waals surface area contributed by atoms with Crippen molar-refractivity contribution in [1.29, 1.82) is 0 Å². The van der Waals surface area contributed by atoms with Crippen LogP contribution in [0, 0.1) is 18.7 Å². The standard InChI is InChI=1S/C13H18ClFN2/c1-9-4-12(14)11(5-13(9)15)2-3-16-6-10-7-17-8-10/h4-5,10,16-17H,2-3,6-8H2,1H3. The van der Waals surface area contributed by atoms with Crippen LogP contribution in [0.2, 0.25) is 5.02 Å². The summed E-state index contributed by atoms with van der Waals surface area (Å²) in [6.45, 7) is 5.81. The average Bonchev–Trinajstić information content (AvgIpc) is 2.22. The molecule has 0 aliphatic carbocycles. The molecule has 2 rings (SSSR count). The van der Waals surface area contributed by atoms with Gasteiger partial charge in [0.2, 0.25) is 0 Å². The zero-order valence-corrected chi connectivity index (χ0v) is 10.8. The zero-order valence-electron chi connectivity index (χ0n) is 10.0. The minimum absolute atomic E-state index is 0.174. The molecule has 2 N–H and O–H groups in total. The van der Waals surface area contributed by atoms with Crippen LogP contribution >= 0.6 is 11.6 Å². The molecule has 0 spiro atoms. The summed E-state index contributed by atoms with van der Waals surface area (Å²) < 4.78 is 13.4. The number of rotatable bonds is 5. The monoisotopic (exact) mass is 256 g/mol. The van der Waals surface area contributed by atoms with Gasteiger partial charge in [0.15, 0.2) is 0 Å². The number of nitrogens with one attached hydrogen (secondary N) is 2. The number of benzene rings is 1. The second-order valence-electron chi connectivity index (χ2n) is 4.67. The molecule has 0 radical (unpaired) electrons. The van der Waals surface area contributed by atoms with E-state index in [1.54, 1.807) is 19.1 Å². The van der Waals surface area contributed by atoms with E-state index in [0.29, 0.717) is 10.6 Å². The minimum atomic E-state index is -0.174. The van der Waals surface area contributed by atoms with Crippen molar-refractivity contribution in [2.45, 2.75) is 13.3 Å². The normalized spacial score (nSPS) is 15.9. The van der Waals surface area contributed by atoms with Crippen LogP contribution in [0.1, 0.15) is 11.1 Å². The van der Waals surface area contributed by atoms with Gasteiger partial charge in [0.25, 0.3) is 0 Å². The molecule has 2 nitrogen and oxygen atoms in total. The Balaban J connectivity index is 1.79. The van der Waals surface area contributed by atoms with Gasteiger partial charge in [-0.05, 0) is 49.1 Å².